The Labute approximate surface area is 871 Å². The Morgan fingerprint density at radius 2 is 0.574 bits per heavy atom. The Morgan fingerprint density at radius 1 is 0.333 bits per heavy atom. The van der Waals surface area contributed by atoms with Crippen molar-refractivity contribution in [2.24, 2.45) is 17.8 Å². The first kappa shape index (κ1) is 110. The van der Waals surface area contributed by atoms with Gasteiger partial charge in [0.25, 0.3) is 0 Å². The van der Waals surface area contributed by atoms with Crippen molar-refractivity contribution in [3.05, 3.63) is 513 Å². The van der Waals surface area contributed by atoms with Crippen molar-refractivity contribution in [1.29, 1.82) is 0 Å². The van der Waals surface area contributed by atoms with Gasteiger partial charge in [-0.25, -0.2) is 13.2 Å². The molecule has 0 saturated carbocycles. The number of halogens is 5. The first-order chi connectivity index (χ1) is 68.3. The maximum absolute atomic E-state index is 13.1. The fourth-order valence-electron chi connectivity index (χ4n) is 17.0. The smallest absolute Gasteiger partial charge is 0.423 e. The summed E-state index contributed by atoms with van der Waals surface area (Å²) in [5, 5.41) is 33.9. The van der Waals surface area contributed by atoms with Crippen molar-refractivity contribution in [3.8, 4) is 0 Å². The summed E-state index contributed by atoms with van der Waals surface area (Å²) in [4.78, 5) is 37.7. The van der Waals surface area contributed by atoms with E-state index in [0.29, 0.717) is 47.3 Å². The average molecular weight is 2180 g/mol. The van der Waals surface area contributed by atoms with Crippen LogP contribution in [0.1, 0.15) is 109 Å². The molecular weight excluding hydrogens is 2060 g/mol. The number of H-pyrrole nitrogens is 2. The second-order valence-electron chi connectivity index (χ2n) is 33.8. The zero-order chi connectivity index (χ0) is 98.6. The van der Waals surface area contributed by atoms with Crippen LogP contribution in [-0.4, -0.2) is 45.5 Å². The number of aromatic nitrogens is 2. The Morgan fingerprint density at radius 3 is 0.787 bits per heavy atom. The summed E-state index contributed by atoms with van der Waals surface area (Å²) in [7, 11) is -3.30. The minimum absolute atomic E-state index is 0. The molecule has 718 valence electrons. The number of carbonyl (C=O) groups excluding carboxylic acids is 3. The third-order valence-corrected chi connectivity index (χ3v) is 36.4. The molecule has 4 aliphatic carbocycles. The van der Waals surface area contributed by atoms with Crippen molar-refractivity contribution in [2.75, 3.05) is 0 Å². The van der Waals surface area contributed by atoms with Crippen LogP contribution in [0.3, 0.4) is 0 Å². The third kappa shape index (κ3) is 34.3. The molecule has 1 heterocycles. The summed E-state index contributed by atoms with van der Waals surface area (Å²) in [5.74, 6) is 0.748. The molecule has 16 aromatic rings. The van der Waals surface area contributed by atoms with Gasteiger partial charge in [0.15, 0.2) is 10.6 Å². The van der Waals surface area contributed by atoms with Crippen LogP contribution in [0.5, 0.6) is 0 Å². The van der Waals surface area contributed by atoms with Gasteiger partial charge in [-0.05, 0) is 289 Å². The topological polar surface area (TPSA) is 123 Å². The molecule has 3 atom stereocenters. The largest absolute Gasteiger partial charge is 0.488 e. The quantitative estimate of drug-likeness (QED) is 0.0246. The number of nitrogens with one attached hydrogen (secondary N) is 2. The molecular formula is C122H116BBr2F3N2O5P4PdS. The Bertz CT molecular complexity index is 5780. The van der Waals surface area contributed by atoms with E-state index in [-0.39, 0.29) is 43.7 Å². The monoisotopic (exact) mass is 2180 g/mol. The molecule has 15 aromatic carbocycles. The van der Waals surface area contributed by atoms with Crippen molar-refractivity contribution in [3.63, 3.8) is 0 Å². The Kier molecular flexibility index (Phi) is 46.6. The molecule has 1 aromatic heterocycles. The predicted octanol–water partition coefficient (Wildman–Crippen LogP) is 26.2. The van der Waals surface area contributed by atoms with Gasteiger partial charge in [-0.15, -0.1) is 0 Å². The average Bonchev–Trinajstić information content (AvgIpc) is 1.18. The number of rotatable bonds is 21. The third-order valence-electron chi connectivity index (χ3n) is 24.0. The number of ketones is 1. The van der Waals surface area contributed by atoms with E-state index in [1.54, 1.807) is 12.1 Å². The minimum Gasteiger partial charge on any atom is -0.423 e. The fraction of sp³-hybridized carbons (Fsp3) is 0.148. The van der Waals surface area contributed by atoms with Crippen LogP contribution in [0.25, 0.3) is 11.1 Å². The van der Waals surface area contributed by atoms with Crippen molar-refractivity contribution in [2.45, 2.75) is 98.3 Å². The van der Waals surface area contributed by atoms with Crippen LogP contribution >= 0.6 is 75.8 Å². The van der Waals surface area contributed by atoms with Crippen molar-refractivity contribution >= 4 is 182 Å². The molecule has 0 bridgehead atoms. The zero-order valence-corrected chi connectivity index (χ0v) is 88.5. The second-order valence-corrected chi connectivity index (χ2v) is 44.8. The molecule has 0 amide bonds. The standard InChI is InChI=1S/4C18H15P.C16H17FN2S.C14H15FO.C8H11BrO.C6H6BFO2.C6H7BrO.Pd/c4*1-4-10-16(11-5-1)19(17-12-6-2-7-13-17)18-14-8-3-9-15-18;1-10-2-3-12(8-14-9-18-16(20)19-14)15(10)11-4-6-13(17)7-5-11;1-10-2-3-12(8-9-16)14(10)11-4-6-13(15)7-5-11;1-6-2-3-7(4-5-10)8(6)9;8-6-3-1-5(2-4-6)7(9)10;1-4-2-3-5(8)6(4)7;/h4*1-15H;4-7,9,12H,2-3,8H2,1H3,(H2,18,19,20);4-7,9,12H,2-3,8H2,1H3;5,7H,2-4H2,1H3;1-4,9-10H;2-3H2,1H3;. The summed E-state index contributed by atoms with van der Waals surface area (Å²) in [5.41, 5.74) is 11.6. The van der Waals surface area contributed by atoms with E-state index in [2.05, 4.69) is 427 Å². The summed E-state index contributed by atoms with van der Waals surface area (Å²) >= 11 is 11.8. The van der Waals surface area contributed by atoms with E-state index in [1.165, 1.54) is 150 Å². The van der Waals surface area contributed by atoms with E-state index in [0.717, 1.165) is 85.2 Å². The van der Waals surface area contributed by atoms with Gasteiger partial charge in [-0.2, -0.15) is 0 Å². The summed E-state index contributed by atoms with van der Waals surface area (Å²) in [6, 6.07) is 148. The maximum Gasteiger partial charge on any atom is 0.488 e. The van der Waals surface area contributed by atoms with Gasteiger partial charge in [0, 0.05) is 51.6 Å². The normalized spacial score (nSPS) is 14.3. The van der Waals surface area contributed by atoms with Crippen molar-refractivity contribution < 1.29 is 58.0 Å². The van der Waals surface area contributed by atoms with Crippen LogP contribution in [0, 0.1) is 40.0 Å². The van der Waals surface area contributed by atoms with Crippen LogP contribution in [-0.2, 0) is 41.2 Å². The number of Topliss-reactive ketones (excluding diaryl/α,β-unsaturated/α-hetero) is 1. The molecule has 0 aliphatic heterocycles. The number of imidazole rings is 1. The van der Waals surface area contributed by atoms with E-state index in [9.17, 15) is 27.6 Å². The van der Waals surface area contributed by atoms with Gasteiger partial charge >= 0.3 is 7.12 Å². The van der Waals surface area contributed by atoms with Gasteiger partial charge in [-0.3, -0.25) is 4.79 Å². The number of hydrogen-bond donors (Lipinski definition) is 4. The number of aromatic amines is 2. The minimum atomic E-state index is -1.51. The second kappa shape index (κ2) is 59.7. The molecule has 0 radical (unpaired) electrons. The van der Waals surface area contributed by atoms with Crippen LogP contribution in [0.15, 0.2) is 474 Å². The summed E-state index contributed by atoms with van der Waals surface area (Å²) in [6.45, 7) is 8.38. The summed E-state index contributed by atoms with van der Waals surface area (Å²) in [6.07, 6.45) is 14.4. The van der Waals surface area contributed by atoms with Crippen LogP contribution < -0.4 is 69.1 Å². The van der Waals surface area contributed by atoms with Gasteiger partial charge in [-0.1, -0.05) is 439 Å². The molecule has 0 fully saturated rings. The molecule has 0 spiro atoms. The Hall–Kier alpha value is -11.2. The molecule has 19 heteroatoms. The van der Waals surface area contributed by atoms with Gasteiger partial charge in [0.05, 0.1) is 4.48 Å². The van der Waals surface area contributed by atoms with Gasteiger partial charge in [0.2, 0.25) is 0 Å². The first-order valence-corrected chi connectivity index (χ1v) is 54.4. The Balaban J connectivity index is 0.000000153. The van der Waals surface area contributed by atoms with E-state index in [1.807, 2.05) is 25.3 Å². The summed E-state index contributed by atoms with van der Waals surface area (Å²) < 4.78 is 40.8. The molecule has 0 saturated heterocycles. The fourth-order valence-corrected chi connectivity index (χ4v) is 27.4. The number of allylic oxidation sites excluding steroid dienone is 8. The van der Waals surface area contributed by atoms with Crippen LogP contribution in [0.2, 0.25) is 0 Å². The van der Waals surface area contributed by atoms with Gasteiger partial charge in [0.1, 0.15) is 30.0 Å². The van der Waals surface area contributed by atoms with E-state index >= 15 is 0 Å². The SMILES string of the molecule is CC1=C(Br)C(=O)CC1.CC1=C(Br)C(CC=O)CC1.CC1=C(c2ccc(F)cc2)C(CC=O)CC1.CC1=C(c2ccc(F)cc2)C(Cc2c[nH]c(=S)[nH]2)CC1.OB(O)c1ccc(F)cc1.[Pd].c1ccc(P(c2ccccc2)c2ccccc2)cc1.c1ccc(P(c2ccccc2)c2ccccc2)cc1.c1ccc(P(c2ccccc2)c2ccccc2)cc1.c1ccc(P(c2ccccc2)c2ccccc2)cc1. The molecule has 4 N–H and O–H groups in total. The predicted molar refractivity (Wildman–Crippen MR) is 602 cm³/mol. The molecule has 7 nitrogen and oxygen atoms in total. The van der Waals surface area contributed by atoms with E-state index < -0.39 is 38.8 Å². The molecule has 20 rings (SSSR count). The van der Waals surface area contributed by atoms with Crippen molar-refractivity contribution in [1.82, 2.24) is 9.97 Å². The van der Waals surface area contributed by atoms with Crippen LogP contribution in [0.4, 0.5) is 13.2 Å². The zero-order valence-electron chi connectivity index (χ0n) is 79.4. The number of benzene rings is 15. The maximum atomic E-state index is 13.1. The first-order valence-electron chi connectivity index (χ1n) is 47.0. The van der Waals surface area contributed by atoms with Gasteiger partial charge < -0.3 is 29.6 Å². The number of carbonyl (C=O) groups is 3. The number of hydrogen-bond acceptors (Lipinski definition) is 6. The number of aldehydes is 2. The van der Waals surface area contributed by atoms with E-state index in [4.69, 9.17) is 22.3 Å². The molecule has 141 heavy (non-hydrogen) atoms. The molecule has 3 unspecified atom stereocenters. The molecule has 4 aliphatic rings.